The number of hydrogen-bond donors (Lipinski definition) is 1. The van der Waals surface area contributed by atoms with Crippen LogP contribution in [-0.2, 0) is 13.1 Å². The fourth-order valence-electron chi connectivity index (χ4n) is 2.36. The zero-order chi connectivity index (χ0) is 11.4. The largest absolute Gasteiger partial charge is 0.396 e. The van der Waals surface area contributed by atoms with Crippen molar-refractivity contribution in [2.45, 2.75) is 32.9 Å². The Morgan fingerprint density at radius 1 is 1.56 bits per heavy atom. The topological polar surface area (TPSA) is 41.3 Å². The molecule has 0 aliphatic carbocycles. The van der Waals surface area contributed by atoms with Crippen molar-refractivity contribution in [1.29, 1.82) is 0 Å². The van der Waals surface area contributed by atoms with Gasteiger partial charge < -0.3 is 9.67 Å². The molecule has 0 amide bonds. The molecule has 4 nitrogen and oxygen atoms in total. The van der Waals surface area contributed by atoms with Crippen LogP contribution in [0.4, 0.5) is 0 Å². The summed E-state index contributed by atoms with van der Waals surface area (Å²) in [5, 5.41) is 9.10. The molecule has 1 N–H and O–H groups in total. The molecule has 0 radical (unpaired) electrons. The van der Waals surface area contributed by atoms with E-state index >= 15 is 0 Å². The highest BCUT2D eigenvalue weighted by atomic mass is 16.3. The lowest BCUT2D eigenvalue weighted by Gasteiger charge is -2.16. The molecule has 1 fully saturated rings. The minimum absolute atomic E-state index is 0.324. The lowest BCUT2D eigenvalue weighted by molar-refractivity contribution is 0.219. The number of rotatable bonds is 5. The fourth-order valence-corrected chi connectivity index (χ4v) is 2.36. The number of aliphatic hydroxyl groups excluding tert-OH is 1. The van der Waals surface area contributed by atoms with E-state index in [1.165, 1.54) is 5.69 Å². The van der Waals surface area contributed by atoms with E-state index < -0.39 is 0 Å². The summed E-state index contributed by atoms with van der Waals surface area (Å²) >= 11 is 0. The van der Waals surface area contributed by atoms with Crippen LogP contribution in [0, 0.1) is 5.92 Å². The Hall–Kier alpha value is -0.870. The third kappa shape index (κ3) is 2.62. The summed E-state index contributed by atoms with van der Waals surface area (Å²) in [6.07, 6.45) is 6.14. The van der Waals surface area contributed by atoms with Crippen molar-refractivity contribution in [1.82, 2.24) is 14.5 Å². The Bertz CT molecular complexity index is 324. The number of likely N-dealkylation sites (tertiary alicyclic amines) is 1. The molecule has 0 spiro atoms. The van der Waals surface area contributed by atoms with E-state index in [0.29, 0.717) is 12.5 Å². The first kappa shape index (κ1) is 11.6. The summed E-state index contributed by atoms with van der Waals surface area (Å²) in [5.74, 6) is 0.475. The third-order valence-electron chi connectivity index (χ3n) is 3.28. The molecule has 4 heteroatoms. The minimum Gasteiger partial charge on any atom is -0.396 e. The summed E-state index contributed by atoms with van der Waals surface area (Å²) in [6, 6.07) is 0. The highest BCUT2D eigenvalue weighted by Gasteiger charge is 2.22. The molecule has 1 saturated heterocycles. The second-order valence-electron chi connectivity index (χ2n) is 4.65. The molecule has 90 valence electrons. The van der Waals surface area contributed by atoms with Gasteiger partial charge in [-0.1, -0.05) is 6.92 Å². The Labute approximate surface area is 96.9 Å². The maximum absolute atomic E-state index is 9.10. The Balaban J connectivity index is 1.91. The van der Waals surface area contributed by atoms with E-state index in [-0.39, 0.29) is 0 Å². The maximum Gasteiger partial charge on any atom is 0.0948 e. The van der Waals surface area contributed by atoms with Crippen LogP contribution in [0.1, 0.15) is 25.5 Å². The number of hydrogen-bond acceptors (Lipinski definition) is 3. The van der Waals surface area contributed by atoms with E-state index in [1.807, 2.05) is 12.5 Å². The average Bonchev–Trinajstić information content (AvgIpc) is 2.90. The molecule has 1 aromatic rings. The lowest BCUT2D eigenvalue weighted by Crippen LogP contribution is -2.22. The molecule has 2 heterocycles. The van der Waals surface area contributed by atoms with Crippen molar-refractivity contribution >= 4 is 0 Å². The van der Waals surface area contributed by atoms with Gasteiger partial charge in [0.15, 0.2) is 0 Å². The Morgan fingerprint density at radius 3 is 3.12 bits per heavy atom. The summed E-state index contributed by atoms with van der Waals surface area (Å²) < 4.78 is 2.23. The lowest BCUT2D eigenvalue weighted by atomic mass is 10.1. The van der Waals surface area contributed by atoms with Gasteiger partial charge in [0.1, 0.15) is 0 Å². The normalized spacial score (nSPS) is 21.8. The van der Waals surface area contributed by atoms with E-state index in [4.69, 9.17) is 5.11 Å². The predicted molar refractivity (Wildman–Crippen MR) is 63.0 cm³/mol. The number of aliphatic hydroxyl groups is 1. The van der Waals surface area contributed by atoms with Crippen molar-refractivity contribution in [3.8, 4) is 0 Å². The number of nitrogens with zero attached hydrogens (tertiary/aromatic N) is 3. The predicted octanol–water partition coefficient (Wildman–Crippen LogP) is 1.11. The van der Waals surface area contributed by atoms with Crippen LogP contribution < -0.4 is 0 Å². The molecule has 0 aromatic carbocycles. The smallest absolute Gasteiger partial charge is 0.0948 e. The summed E-state index contributed by atoms with van der Waals surface area (Å²) in [6.45, 7) is 6.64. The molecular formula is C12H21N3O. The van der Waals surface area contributed by atoms with Gasteiger partial charge in [-0.3, -0.25) is 4.90 Å². The van der Waals surface area contributed by atoms with E-state index in [0.717, 1.165) is 39.0 Å². The van der Waals surface area contributed by atoms with E-state index in [1.54, 1.807) is 0 Å². The zero-order valence-electron chi connectivity index (χ0n) is 9.97. The highest BCUT2D eigenvalue weighted by Crippen LogP contribution is 2.17. The third-order valence-corrected chi connectivity index (χ3v) is 3.28. The highest BCUT2D eigenvalue weighted by molar-refractivity contribution is 4.99. The molecule has 1 atom stereocenters. The first-order valence-corrected chi connectivity index (χ1v) is 6.15. The van der Waals surface area contributed by atoms with Crippen LogP contribution >= 0.6 is 0 Å². The van der Waals surface area contributed by atoms with Gasteiger partial charge in [-0.2, -0.15) is 0 Å². The van der Waals surface area contributed by atoms with Gasteiger partial charge in [0.05, 0.1) is 12.0 Å². The molecule has 2 rings (SSSR count). The van der Waals surface area contributed by atoms with Crippen molar-refractivity contribution in [2.24, 2.45) is 5.92 Å². The number of imidazole rings is 1. The Kier molecular flexibility index (Phi) is 3.96. The summed E-state index contributed by atoms with van der Waals surface area (Å²) in [4.78, 5) is 6.62. The van der Waals surface area contributed by atoms with Crippen LogP contribution in [0.25, 0.3) is 0 Å². The van der Waals surface area contributed by atoms with Gasteiger partial charge in [-0.15, -0.1) is 0 Å². The molecule has 1 aliphatic heterocycles. The van der Waals surface area contributed by atoms with Crippen molar-refractivity contribution < 1.29 is 5.11 Å². The first-order chi connectivity index (χ1) is 7.83. The van der Waals surface area contributed by atoms with Crippen LogP contribution in [0.2, 0.25) is 0 Å². The van der Waals surface area contributed by atoms with Gasteiger partial charge >= 0.3 is 0 Å². The molecular weight excluding hydrogens is 202 g/mol. The van der Waals surface area contributed by atoms with Crippen molar-refractivity contribution in [3.05, 3.63) is 18.2 Å². The maximum atomic E-state index is 9.10. The SMILES string of the molecule is CCCn1cncc1CN1CCC(CO)C1. The quantitative estimate of drug-likeness (QED) is 0.813. The van der Waals surface area contributed by atoms with Gasteiger partial charge in [-0.05, 0) is 25.3 Å². The van der Waals surface area contributed by atoms with Crippen molar-refractivity contribution in [2.75, 3.05) is 19.7 Å². The molecule has 0 saturated carbocycles. The average molecular weight is 223 g/mol. The summed E-state index contributed by atoms with van der Waals surface area (Å²) in [7, 11) is 0. The second-order valence-corrected chi connectivity index (χ2v) is 4.65. The Morgan fingerprint density at radius 2 is 2.44 bits per heavy atom. The van der Waals surface area contributed by atoms with Gasteiger partial charge in [0.2, 0.25) is 0 Å². The van der Waals surface area contributed by atoms with Crippen molar-refractivity contribution in [3.63, 3.8) is 0 Å². The monoisotopic (exact) mass is 223 g/mol. The molecule has 1 aliphatic rings. The van der Waals surface area contributed by atoms with Crippen LogP contribution in [0.3, 0.4) is 0 Å². The molecule has 16 heavy (non-hydrogen) atoms. The zero-order valence-corrected chi connectivity index (χ0v) is 9.97. The molecule has 1 unspecified atom stereocenters. The standard InChI is InChI=1S/C12H21N3O/c1-2-4-15-10-13-6-12(15)8-14-5-3-11(7-14)9-16/h6,10-11,16H,2-5,7-9H2,1H3. The van der Waals surface area contributed by atoms with Crippen LogP contribution in [0.5, 0.6) is 0 Å². The van der Waals surface area contributed by atoms with E-state index in [2.05, 4.69) is 21.4 Å². The molecule has 1 aromatic heterocycles. The fraction of sp³-hybridized carbons (Fsp3) is 0.750. The van der Waals surface area contributed by atoms with Crippen LogP contribution in [0.15, 0.2) is 12.5 Å². The number of aromatic nitrogens is 2. The first-order valence-electron chi connectivity index (χ1n) is 6.15. The van der Waals surface area contributed by atoms with Crippen LogP contribution in [-0.4, -0.2) is 39.3 Å². The van der Waals surface area contributed by atoms with Gasteiger partial charge in [-0.25, -0.2) is 4.98 Å². The van der Waals surface area contributed by atoms with Gasteiger partial charge in [0, 0.05) is 32.4 Å². The number of aryl methyl sites for hydroxylation is 1. The molecule has 0 bridgehead atoms. The second kappa shape index (κ2) is 5.46. The van der Waals surface area contributed by atoms with Gasteiger partial charge in [0.25, 0.3) is 0 Å². The van der Waals surface area contributed by atoms with E-state index in [9.17, 15) is 0 Å². The summed E-state index contributed by atoms with van der Waals surface area (Å²) in [5.41, 5.74) is 1.29. The minimum atomic E-state index is 0.324.